The molecule has 1 aliphatic heterocycles. The zero-order valence-corrected chi connectivity index (χ0v) is 13.5. The fourth-order valence-electron chi connectivity index (χ4n) is 4.60. The van der Waals surface area contributed by atoms with Gasteiger partial charge in [-0.2, -0.15) is 0 Å². The molecule has 2 aliphatic carbocycles. The summed E-state index contributed by atoms with van der Waals surface area (Å²) in [6.07, 6.45) is 3.87. The molecule has 3 rings (SSSR count). The maximum absolute atomic E-state index is 13.5. The number of hydrogen-bond donors (Lipinski definition) is 1. The van der Waals surface area contributed by atoms with E-state index in [0.717, 1.165) is 19.8 Å². The molecule has 1 heterocycles. The van der Waals surface area contributed by atoms with Gasteiger partial charge in [0.25, 0.3) is 5.92 Å². The second kappa shape index (κ2) is 5.40. The SMILES string of the molecule is COC(=O)C1CCC2(C3(O)CC(C(C)(F)F)=NO3)CCCC1C2. The van der Waals surface area contributed by atoms with Gasteiger partial charge in [0.05, 0.1) is 19.4 Å². The maximum atomic E-state index is 13.5. The van der Waals surface area contributed by atoms with Crippen LogP contribution < -0.4 is 0 Å². The first-order valence-electron chi connectivity index (χ1n) is 8.14. The zero-order chi connectivity index (χ0) is 16.9. The first-order valence-corrected chi connectivity index (χ1v) is 8.14. The minimum atomic E-state index is -3.10. The molecule has 7 heteroatoms. The molecule has 5 nitrogen and oxygen atoms in total. The molecular weight excluding hydrogens is 308 g/mol. The molecule has 0 aromatic heterocycles. The third-order valence-corrected chi connectivity index (χ3v) is 5.94. The van der Waals surface area contributed by atoms with Crippen molar-refractivity contribution in [2.45, 2.75) is 63.6 Å². The van der Waals surface area contributed by atoms with Crippen LogP contribution >= 0.6 is 0 Å². The Kier molecular flexibility index (Phi) is 3.90. The van der Waals surface area contributed by atoms with E-state index in [4.69, 9.17) is 9.57 Å². The molecule has 2 fully saturated rings. The summed E-state index contributed by atoms with van der Waals surface area (Å²) in [6, 6.07) is 0. The highest BCUT2D eigenvalue weighted by atomic mass is 19.3. The molecule has 0 amide bonds. The van der Waals surface area contributed by atoms with Gasteiger partial charge in [0.2, 0.25) is 5.79 Å². The standard InChI is InChI=1S/C16H23F2NO4/c1-14(17,18)12-9-16(21,23-19-12)15-6-3-4-10(8-15)11(5-7-15)13(20)22-2/h10-11,21H,3-9H2,1-2H3. The maximum Gasteiger partial charge on any atom is 0.308 e. The number of fused-ring (bicyclic) bond motifs is 2. The summed E-state index contributed by atoms with van der Waals surface area (Å²) in [5.41, 5.74) is -1.02. The van der Waals surface area contributed by atoms with Crippen LogP contribution in [-0.2, 0) is 14.4 Å². The summed E-state index contributed by atoms with van der Waals surface area (Å²) in [4.78, 5) is 17.1. The number of hydrogen-bond acceptors (Lipinski definition) is 5. The Morgan fingerprint density at radius 1 is 1.43 bits per heavy atom. The van der Waals surface area contributed by atoms with E-state index in [2.05, 4.69) is 5.16 Å². The van der Waals surface area contributed by atoms with Crippen LogP contribution in [0.3, 0.4) is 0 Å². The molecule has 0 spiro atoms. The Hall–Kier alpha value is -1.24. The topological polar surface area (TPSA) is 68.1 Å². The number of carbonyl (C=O) groups is 1. The molecule has 4 atom stereocenters. The van der Waals surface area contributed by atoms with Crippen molar-refractivity contribution in [1.82, 2.24) is 0 Å². The highest BCUT2D eigenvalue weighted by Gasteiger charge is 2.62. The number of oxime groups is 1. The van der Waals surface area contributed by atoms with Gasteiger partial charge < -0.3 is 14.7 Å². The Bertz CT molecular complexity index is 533. The second-order valence-electron chi connectivity index (χ2n) is 7.28. The van der Waals surface area contributed by atoms with Crippen LogP contribution in [0, 0.1) is 17.3 Å². The van der Waals surface area contributed by atoms with Gasteiger partial charge in [0, 0.05) is 12.3 Å². The monoisotopic (exact) mass is 331 g/mol. The third kappa shape index (κ3) is 2.62. The van der Waals surface area contributed by atoms with Crippen molar-refractivity contribution in [2.75, 3.05) is 7.11 Å². The molecule has 0 radical (unpaired) electrons. The van der Waals surface area contributed by atoms with Crippen LogP contribution in [0.2, 0.25) is 0 Å². The summed E-state index contributed by atoms with van der Waals surface area (Å²) in [7, 11) is 1.38. The van der Waals surface area contributed by atoms with Crippen molar-refractivity contribution in [3.05, 3.63) is 0 Å². The fraction of sp³-hybridized carbons (Fsp3) is 0.875. The lowest BCUT2D eigenvalue weighted by atomic mass is 9.54. The number of methoxy groups -OCH3 is 1. The summed E-state index contributed by atoms with van der Waals surface area (Å²) in [5, 5.41) is 14.4. The fourth-order valence-corrected chi connectivity index (χ4v) is 4.60. The smallest absolute Gasteiger partial charge is 0.308 e. The van der Waals surface area contributed by atoms with Crippen molar-refractivity contribution in [3.8, 4) is 0 Å². The number of aliphatic hydroxyl groups is 1. The van der Waals surface area contributed by atoms with Gasteiger partial charge in [0.1, 0.15) is 5.71 Å². The van der Waals surface area contributed by atoms with Crippen molar-refractivity contribution in [2.24, 2.45) is 22.4 Å². The lowest BCUT2D eigenvalue weighted by Crippen LogP contribution is -2.55. The summed E-state index contributed by atoms with van der Waals surface area (Å²) < 4.78 is 31.8. The van der Waals surface area contributed by atoms with Crippen molar-refractivity contribution in [1.29, 1.82) is 0 Å². The van der Waals surface area contributed by atoms with E-state index in [-0.39, 0.29) is 24.2 Å². The van der Waals surface area contributed by atoms with E-state index in [1.807, 2.05) is 0 Å². The van der Waals surface area contributed by atoms with E-state index in [1.54, 1.807) is 0 Å². The quantitative estimate of drug-likeness (QED) is 0.808. The number of nitrogens with zero attached hydrogens (tertiary/aromatic N) is 1. The highest BCUT2D eigenvalue weighted by Crippen LogP contribution is 2.59. The van der Waals surface area contributed by atoms with Gasteiger partial charge in [-0.3, -0.25) is 4.79 Å². The largest absolute Gasteiger partial charge is 0.469 e. The molecule has 2 bridgehead atoms. The number of halogens is 2. The number of ether oxygens (including phenoxy) is 1. The average Bonchev–Trinajstić information content (AvgIpc) is 2.91. The van der Waals surface area contributed by atoms with Crippen LogP contribution in [0.25, 0.3) is 0 Å². The second-order valence-corrected chi connectivity index (χ2v) is 7.28. The number of carbonyl (C=O) groups excluding carboxylic acids is 1. The van der Waals surface area contributed by atoms with Crippen molar-refractivity contribution in [3.63, 3.8) is 0 Å². The Balaban J connectivity index is 1.80. The predicted octanol–water partition coefficient (Wildman–Crippen LogP) is 2.87. The number of esters is 1. The van der Waals surface area contributed by atoms with Crippen molar-refractivity contribution >= 4 is 11.7 Å². The van der Waals surface area contributed by atoms with E-state index in [9.17, 15) is 18.7 Å². The number of rotatable bonds is 3. The molecule has 130 valence electrons. The normalized spacial score (nSPS) is 40.3. The zero-order valence-electron chi connectivity index (χ0n) is 13.5. The summed E-state index contributed by atoms with van der Waals surface area (Å²) >= 11 is 0. The van der Waals surface area contributed by atoms with Crippen LogP contribution in [0.15, 0.2) is 5.16 Å². The van der Waals surface area contributed by atoms with Gasteiger partial charge >= 0.3 is 5.97 Å². The van der Waals surface area contributed by atoms with Crippen LogP contribution in [0.4, 0.5) is 8.78 Å². The molecule has 0 saturated heterocycles. The van der Waals surface area contributed by atoms with Crippen LogP contribution in [0.5, 0.6) is 0 Å². The van der Waals surface area contributed by atoms with Gasteiger partial charge in [-0.25, -0.2) is 8.78 Å². The van der Waals surface area contributed by atoms with Gasteiger partial charge in [0.15, 0.2) is 0 Å². The summed E-state index contributed by atoms with van der Waals surface area (Å²) in [5.74, 6) is -5.09. The van der Waals surface area contributed by atoms with E-state index in [0.29, 0.717) is 25.7 Å². The van der Waals surface area contributed by atoms with Crippen molar-refractivity contribution < 1.29 is 28.3 Å². The van der Waals surface area contributed by atoms with E-state index in [1.165, 1.54) is 7.11 Å². The van der Waals surface area contributed by atoms with Gasteiger partial charge in [-0.05, 0) is 38.0 Å². The molecule has 0 aromatic carbocycles. The first kappa shape index (κ1) is 16.6. The van der Waals surface area contributed by atoms with E-state index < -0.39 is 22.8 Å². The third-order valence-electron chi connectivity index (χ3n) is 5.94. The minimum absolute atomic E-state index is 0.101. The van der Waals surface area contributed by atoms with Gasteiger partial charge in [-0.1, -0.05) is 11.6 Å². The lowest BCUT2D eigenvalue weighted by molar-refractivity contribution is -0.282. The average molecular weight is 331 g/mol. The van der Waals surface area contributed by atoms with Gasteiger partial charge in [-0.15, -0.1) is 0 Å². The van der Waals surface area contributed by atoms with Crippen LogP contribution in [0.1, 0.15) is 51.9 Å². The highest BCUT2D eigenvalue weighted by molar-refractivity contribution is 5.92. The van der Waals surface area contributed by atoms with Crippen LogP contribution in [-0.4, -0.2) is 35.6 Å². The Morgan fingerprint density at radius 3 is 2.78 bits per heavy atom. The molecule has 3 aliphatic rings. The molecule has 0 aromatic rings. The molecular formula is C16H23F2NO4. The molecule has 2 saturated carbocycles. The first-order chi connectivity index (χ1) is 10.7. The number of alkyl halides is 2. The lowest BCUT2D eigenvalue weighted by Gasteiger charge is -2.52. The summed E-state index contributed by atoms with van der Waals surface area (Å²) in [6.45, 7) is 0.760. The van der Waals surface area contributed by atoms with E-state index >= 15 is 0 Å². The minimum Gasteiger partial charge on any atom is -0.469 e. The molecule has 4 unspecified atom stereocenters. The molecule has 23 heavy (non-hydrogen) atoms. The Morgan fingerprint density at radius 2 is 2.17 bits per heavy atom. The Labute approximate surface area is 134 Å². The predicted molar refractivity (Wildman–Crippen MR) is 77.8 cm³/mol. The molecule has 1 N–H and O–H groups in total.